The number of hydrogen-bond acceptors (Lipinski definition) is 2. The van der Waals surface area contributed by atoms with Gasteiger partial charge < -0.3 is 10.6 Å². The second-order valence-electron chi connectivity index (χ2n) is 13.2. The molecule has 0 aliphatic heterocycles. The zero-order chi connectivity index (χ0) is 36.9. The zero-order valence-electron chi connectivity index (χ0n) is 29.6. The van der Waals surface area contributed by atoms with Gasteiger partial charge in [0.15, 0.2) is 0 Å². The molecule has 6 heteroatoms. The van der Waals surface area contributed by atoms with Gasteiger partial charge in [-0.1, -0.05) is 195 Å². The van der Waals surface area contributed by atoms with Crippen LogP contribution in [0.1, 0.15) is 59.1 Å². The highest BCUT2D eigenvalue weighted by Crippen LogP contribution is 2.42. The Hall–Kier alpha value is -5.16. The predicted molar refractivity (Wildman–Crippen MR) is 217 cm³/mol. The van der Waals surface area contributed by atoms with Crippen molar-refractivity contribution in [2.75, 3.05) is 5.34 Å². The van der Waals surface area contributed by atoms with E-state index in [9.17, 15) is 0 Å². The minimum Gasteiger partial charge on any atom is -0.350 e. The molecule has 0 saturated heterocycles. The number of alkyl halides is 2. The molecule has 7 rings (SSSR count). The third-order valence-electron chi connectivity index (χ3n) is 10.3. The van der Waals surface area contributed by atoms with Crippen molar-refractivity contribution < 1.29 is 9.59 Å². The molecule has 0 radical (unpaired) electrons. The van der Waals surface area contributed by atoms with Crippen molar-refractivity contribution in [3.8, 4) is 0 Å². The Morgan fingerprint density at radius 1 is 0.415 bits per heavy atom. The molecule has 1 fully saturated rings. The second-order valence-corrected chi connectivity index (χ2v) is 14.0. The molecule has 268 valence electrons. The molecular weight excluding hydrogens is 695 g/mol. The predicted octanol–water partition coefficient (Wildman–Crippen LogP) is 10.0. The lowest BCUT2D eigenvalue weighted by Crippen LogP contribution is -2.60. The number of benzene rings is 6. The van der Waals surface area contributed by atoms with E-state index in [2.05, 4.69) is 10.6 Å². The average molecular weight is 740 g/mol. The van der Waals surface area contributed by atoms with Gasteiger partial charge in [-0.2, -0.15) is 0 Å². The molecule has 6 aromatic carbocycles. The molecule has 0 bridgehead atoms. The summed E-state index contributed by atoms with van der Waals surface area (Å²) in [5.41, 5.74) is 3.15. The first-order chi connectivity index (χ1) is 26.1. The van der Waals surface area contributed by atoms with E-state index in [1.54, 1.807) is 0 Å². The number of carbonyl (C=O) groups is 2. The van der Waals surface area contributed by atoms with Gasteiger partial charge >= 0.3 is 0 Å². The van der Waals surface area contributed by atoms with Crippen LogP contribution in [0.25, 0.3) is 0 Å². The Kier molecular flexibility index (Phi) is 12.8. The summed E-state index contributed by atoms with van der Waals surface area (Å²) in [6, 6.07) is 59.6. The molecule has 2 N–H and O–H groups in total. The van der Waals surface area contributed by atoms with E-state index in [1.165, 1.54) is 0 Å². The monoisotopic (exact) mass is 738 g/mol. The van der Waals surface area contributed by atoms with Crippen LogP contribution in [0.15, 0.2) is 182 Å². The minimum atomic E-state index is -1.10. The number of carbonyl (C=O) groups excluding carboxylic acids is 2. The Morgan fingerprint density at radius 3 is 0.792 bits per heavy atom. The first-order valence-corrected chi connectivity index (χ1v) is 19.2. The lowest BCUT2D eigenvalue weighted by atomic mass is 9.68. The molecule has 6 aromatic rings. The van der Waals surface area contributed by atoms with Crippen LogP contribution in [0.2, 0.25) is 0 Å². The van der Waals surface area contributed by atoms with Gasteiger partial charge in [0.05, 0.1) is 5.34 Å². The molecule has 0 spiro atoms. The van der Waals surface area contributed by atoms with Gasteiger partial charge in [0, 0.05) is 12.1 Å². The molecule has 2 amide bonds. The van der Waals surface area contributed by atoms with Gasteiger partial charge in [0.1, 0.15) is 10.8 Å². The average Bonchev–Trinajstić information content (AvgIpc) is 3.22. The highest BCUT2D eigenvalue weighted by atomic mass is 35.5. The number of nitrogens with one attached hydrogen (secondary N) is 2. The summed E-state index contributed by atoms with van der Waals surface area (Å²) in [4.78, 5) is 30.4. The van der Waals surface area contributed by atoms with Gasteiger partial charge in [-0.25, -0.2) is 0 Å². The third kappa shape index (κ3) is 7.81. The lowest BCUT2D eigenvalue weighted by molar-refractivity contribution is -0.128. The van der Waals surface area contributed by atoms with Crippen molar-refractivity contribution in [1.82, 2.24) is 10.6 Å². The van der Waals surface area contributed by atoms with Gasteiger partial charge in [-0.3, -0.25) is 9.59 Å². The maximum atomic E-state index is 15.2. The topological polar surface area (TPSA) is 58.2 Å². The van der Waals surface area contributed by atoms with Crippen molar-refractivity contribution in [3.63, 3.8) is 0 Å². The molecule has 1 aliphatic rings. The molecule has 0 heterocycles. The standard InChI is InChI=1S/C46H42N2O2.CH2Cl2/c49-43(45(35-21-7-1-8-22-35,36-23-9-2-10-24-36)37-25-11-3-12-26-37)47-41-33-19-20-34-42(41)48-44(50)46(38-27-13-4-14-28-38,39-29-15-5-16-30-39)40-31-17-6-18-32-40;2-1-3/h1-18,21-32,41-42H,19-20,33-34H2,(H,47,49)(H,48,50);1H2/t41-,42-;/m1./s1. The van der Waals surface area contributed by atoms with Crippen LogP contribution in [0.5, 0.6) is 0 Å². The van der Waals surface area contributed by atoms with E-state index in [0.717, 1.165) is 59.1 Å². The van der Waals surface area contributed by atoms with Gasteiger partial charge in [-0.15, -0.1) is 23.2 Å². The summed E-state index contributed by atoms with van der Waals surface area (Å²) >= 11 is 9.53. The van der Waals surface area contributed by atoms with Gasteiger partial charge in [0.2, 0.25) is 11.8 Å². The molecule has 0 aromatic heterocycles. The Morgan fingerprint density at radius 2 is 0.604 bits per heavy atom. The zero-order valence-corrected chi connectivity index (χ0v) is 31.1. The SMILES string of the molecule is ClCCl.O=C(N[C@@H]1CCCC[C@H]1NC(=O)C(c1ccccc1)(c1ccccc1)c1ccccc1)C(c1ccccc1)(c1ccccc1)c1ccccc1. The molecule has 0 unspecified atom stereocenters. The molecule has 1 saturated carbocycles. The number of hydrogen-bond donors (Lipinski definition) is 2. The summed E-state index contributed by atoms with van der Waals surface area (Å²) in [6.45, 7) is 0. The van der Waals surface area contributed by atoms with Crippen LogP contribution in [0, 0.1) is 0 Å². The summed E-state index contributed by atoms with van der Waals surface area (Å²) in [6.07, 6.45) is 3.46. The van der Waals surface area contributed by atoms with Crippen molar-refractivity contribution in [2.45, 2.75) is 48.6 Å². The first kappa shape index (κ1) is 37.6. The van der Waals surface area contributed by atoms with Crippen LogP contribution in [0.3, 0.4) is 0 Å². The molecule has 4 nitrogen and oxygen atoms in total. The van der Waals surface area contributed by atoms with E-state index in [-0.39, 0.29) is 29.2 Å². The van der Waals surface area contributed by atoms with Crippen LogP contribution >= 0.6 is 23.2 Å². The number of amides is 2. The van der Waals surface area contributed by atoms with E-state index in [4.69, 9.17) is 23.2 Å². The first-order valence-electron chi connectivity index (χ1n) is 18.1. The maximum Gasteiger partial charge on any atom is 0.239 e. The second kappa shape index (κ2) is 18.1. The minimum absolute atomic E-state index is 0.104. The summed E-state index contributed by atoms with van der Waals surface area (Å²) in [5, 5.41) is 7.25. The molecule has 1 aliphatic carbocycles. The summed E-state index contributed by atoms with van der Waals surface area (Å²) in [7, 11) is 0. The van der Waals surface area contributed by atoms with Gasteiger partial charge in [-0.05, 0) is 46.2 Å². The van der Waals surface area contributed by atoms with E-state index in [0.29, 0.717) is 0 Å². The largest absolute Gasteiger partial charge is 0.350 e. The van der Waals surface area contributed by atoms with Crippen LogP contribution < -0.4 is 10.6 Å². The molecular formula is C47H44Cl2N2O2. The Bertz CT molecular complexity index is 1670. The highest BCUT2D eigenvalue weighted by Gasteiger charge is 2.47. The molecule has 2 atom stereocenters. The number of rotatable bonds is 10. The summed E-state index contributed by atoms with van der Waals surface area (Å²) < 4.78 is 0. The van der Waals surface area contributed by atoms with Crippen LogP contribution in [-0.2, 0) is 20.4 Å². The van der Waals surface area contributed by atoms with Crippen molar-refractivity contribution in [2.24, 2.45) is 0 Å². The molecule has 53 heavy (non-hydrogen) atoms. The normalized spacial score (nSPS) is 15.7. The van der Waals surface area contributed by atoms with E-state index >= 15 is 9.59 Å². The van der Waals surface area contributed by atoms with Crippen molar-refractivity contribution in [3.05, 3.63) is 215 Å². The lowest BCUT2D eigenvalue weighted by Gasteiger charge is -2.41. The Labute approximate surface area is 323 Å². The fourth-order valence-electron chi connectivity index (χ4n) is 7.95. The number of halogens is 2. The van der Waals surface area contributed by atoms with Crippen LogP contribution in [0.4, 0.5) is 0 Å². The van der Waals surface area contributed by atoms with E-state index < -0.39 is 10.8 Å². The van der Waals surface area contributed by atoms with Crippen LogP contribution in [-0.4, -0.2) is 29.2 Å². The van der Waals surface area contributed by atoms with E-state index in [1.807, 2.05) is 182 Å². The van der Waals surface area contributed by atoms with Gasteiger partial charge in [0.25, 0.3) is 0 Å². The fraction of sp³-hybridized carbons (Fsp3) is 0.191. The van der Waals surface area contributed by atoms with Crippen molar-refractivity contribution >= 4 is 35.0 Å². The Balaban J connectivity index is 0.00000155. The fourth-order valence-corrected chi connectivity index (χ4v) is 7.95. The summed E-state index contributed by atoms with van der Waals surface area (Å²) in [5.74, 6) is -0.208. The third-order valence-corrected chi connectivity index (χ3v) is 10.3. The maximum absolute atomic E-state index is 15.2. The highest BCUT2D eigenvalue weighted by molar-refractivity contribution is 6.40. The quantitative estimate of drug-likeness (QED) is 0.109. The smallest absolute Gasteiger partial charge is 0.239 e. The van der Waals surface area contributed by atoms with Crippen molar-refractivity contribution in [1.29, 1.82) is 0 Å².